The van der Waals surface area contributed by atoms with Crippen LogP contribution in [0.5, 0.6) is 5.75 Å². The van der Waals surface area contributed by atoms with E-state index in [1.807, 2.05) is 13.0 Å². The van der Waals surface area contributed by atoms with Gasteiger partial charge in [-0.2, -0.15) is 0 Å². The minimum atomic E-state index is -0.150. The maximum Gasteiger partial charge on any atom is 0.118 e. The van der Waals surface area contributed by atoms with Gasteiger partial charge in [0.25, 0.3) is 0 Å². The van der Waals surface area contributed by atoms with Crippen LogP contribution in [0.25, 0.3) is 0 Å². The molecule has 0 aliphatic heterocycles. The lowest BCUT2D eigenvalue weighted by Crippen LogP contribution is -2.34. The summed E-state index contributed by atoms with van der Waals surface area (Å²) in [5.41, 5.74) is 9.60. The Kier molecular flexibility index (Phi) is 2.47. The summed E-state index contributed by atoms with van der Waals surface area (Å²) >= 11 is 0. The second-order valence-corrected chi connectivity index (χ2v) is 4.75. The molecule has 2 nitrogen and oxygen atoms in total. The predicted octanol–water partition coefficient (Wildman–Crippen LogP) is 2.74. The van der Waals surface area contributed by atoms with Crippen molar-refractivity contribution in [3.05, 3.63) is 28.8 Å². The van der Waals surface area contributed by atoms with E-state index >= 15 is 0 Å². The number of hydrogen-bond donors (Lipinski definition) is 2. The number of phenols is 1. The average molecular weight is 205 g/mol. The van der Waals surface area contributed by atoms with Gasteiger partial charge in [0, 0.05) is 5.54 Å². The fourth-order valence-corrected chi connectivity index (χ4v) is 2.62. The van der Waals surface area contributed by atoms with Crippen molar-refractivity contribution in [3.8, 4) is 5.75 Å². The summed E-state index contributed by atoms with van der Waals surface area (Å²) in [4.78, 5) is 0. The van der Waals surface area contributed by atoms with Crippen LogP contribution in [0.1, 0.15) is 42.4 Å². The van der Waals surface area contributed by atoms with Crippen LogP contribution in [0.3, 0.4) is 0 Å². The highest BCUT2D eigenvalue weighted by Gasteiger charge is 2.32. The lowest BCUT2D eigenvalue weighted by atomic mass is 9.84. The van der Waals surface area contributed by atoms with Crippen molar-refractivity contribution in [3.63, 3.8) is 0 Å². The molecule has 1 aliphatic rings. The highest BCUT2D eigenvalue weighted by Crippen LogP contribution is 2.39. The smallest absolute Gasteiger partial charge is 0.118 e. The molecule has 3 N–H and O–H groups in total. The third-order valence-electron chi connectivity index (χ3n) is 3.79. The molecule has 0 radical (unpaired) electrons. The molecule has 1 aliphatic carbocycles. The molecule has 2 heteroatoms. The van der Waals surface area contributed by atoms with Crippen LogP contribution in [-0.4, -0.2) is 5.11 Å². The topological polar surface area (TPSA) is 46.2 Å². The third kappa shape index (κ3) is 1.63. The van der Waals surface area contributed by atoms with E-state index in [4.69, 9.17) is 5.73 Å². The number of hydrogen-bond acceptors (Lipinski definition) is 2. The average Bonchev–Trinajstić information content (AvgIpc) is 2.62. The maximum absolute atomic E-state index is 9.61. The molecule has 0 atom stereocenters. The first-order valence-electron chi connectivity index (χ1n) is 5.63. The first-order chi connectivity index (χ1) is 7.04. The molecule has 0 amide bonds. The minimum absolute atomic E-state index is 0.150. The summed E-state index contributed by atoms with van der Waals surface area (Å²) < 4.78 is 0. The molecule has 0 bridgehead atoms. The van der Waals surface area contributed by atoms with Crippen LogP contribution in [0.4, 0.5) is 0 Å². The van der Waals surface area contributed by atoms with E-state index in [9.17, 15) is 5.11 Å². The number of nitrogens with two attached hydrogens (primary N) is 1. The van der Waals surface area contributed by atoms with Crippen LogP contribution in [-0.2, 0) is 5.54 Å². The Morgan fingerprint density at radius 3 is 2.33 bits per heavy atom. The van der Waals surface area contributed by atoms with Gasteiger partial charge in [-0.05, 0) is 49.4 Å². The second kappa shape index (κ2) is 3.53. The van der Waals surface area contributed by atoms with Crippen molar-refractivity contribution < 1.29 is 5.11 Å². The van der Waals surface area contributed by atoms with Gasteiger partial charge < -0.3 is 10.8 Å². The van der Waals surface area contributed by atoms with Gasteiger partial charge in [-0.15, -0.1) is 0 Å². The summed E-state index contributed by atoms with van der Waals surface area (Å²) in [6, 6.07) is 3.76. The summed E-state index contributed by atoms with van der Waals surface area (Å²) in [7, 11) is 0. The monoisotopic (exact) mass is 205 g/mol. The molecule has 15 heavy (non-hydrogen) atoms. The summed E-state index contributed by atoms with van der Waals surface area (Å²) in [6.07, 6.45) is 4.57. The number of benzene rings is 1. The molecule has 82 valence electrons. The molecular formula is C13H19NO. The zero-order valence-corrected chi connectivity index (χ0v) is 9.51. The van der Waals surface area contributed by atoms with Crippen molar-refractivity contribution in [2.75, 3.05) is 0 Å². The lowest BCUT2D eigenvalue weighted by molar-refractivity contribution is 0.450. The first-order valence-corrected chi connectivity index (χ1v) is 5.63. The first kappa shape index (κ1) is 10.5. The van der Waals surface area contributed by atoms with E-state index in [0.717, 1.165) is 24.0 Å². The molecule has 0 unspecified atom stereocenters. The summed E-state index contributed by atoms with van der Waals surface area (Å²) in [5, 5.41) is 9.61. The quantitative estimate of drug-likeness (QED) is 0.740. The molecule has 0 spiro atoms. The van der Waals surface area contributed by atoms with E-state index < -0.39 is 0 Å². The van der Waals surface area contributed by atoms with Crippen LogP contribution < -0.4 is 5.73 Å². The van der Waals surface area contributed by atoms with E-state index in [2.05, 4.69) is 6.92 Å². The lowest BCUT2D eigenvalue weighted by Gasteiger charge is -2.27. The van der Waals surface area contributed by atoms with Crippen LogP contribution in [0.15, 0.2) is 12.1 Å². The molecule has 0 saturated heterocycles. The molecular weight excluding hydrogens is 186 g/mol. The van der Waals surface area contributed by atoms with Gasteiger partial charge in [0.05, 0.1) is 0 Å². The Balaban J connectivity index is 2.49. The molecule has 1 aromatic rings. The van der Waals surface area contributed by atoms with Gasteiger partial charge >= 0.3 is 0 Å². The van der Waals surface area contributed by atoms with Gasteiger partial charge in [-0.3, -0.25) is 0 Å². The Morgan fingerprint density at radius 1 is 1.13 bits per heavy atom. The normalized spacial score (nSPS) is 19.4. The number of phenolic OH excluding ortho intramolecular Hbond substituents is 1. The third-order valence-corrected chi connectivity index (χ3v) is 3.79. The fourth-order valence-electron chi connectivity index (χ4n) is 2.62. The van der Waals surface area contributed by atoms with Crippen molar-refractivity contribution in [1.29, 1.82) is 0 Å². The summed E-state index contributed by atoms with van der Waals surface area (Å²) in [5.74, 6) is 0.373. The molecule has 1 saturated carbocycles. The fraction of sp³-hybridized carbons (Fsp3) is 0.538. The van der Waals surface area contributed by atoms with Gasteiger partial charge in [-0.1, -0.05) is 18.9 Å². The van der Waals surface area contributed by atoms with E-state index in [1.165, 1.54) is 18.4 Å². The zero-order chi connectivity index (χ0) is 11.1. The molecule has 0 aromatic heterocycles. The Hall–Kier alpha value is -1.02. The second-order valence-electron chi connectivity index (χ2n) is 4.75. The van der Waals surface area contributed by atoms with Gasteiger partial charge in [0.2, 0.25) is 0 Å². The SMILES string of the molecule is Cc1c(O)ccc(C2(N)CCCC2)c1C. The van der Waals surface area contributed by atoms with Crippen molar-refractivity contribution in [1.82, 2.24) is 0 Å². The molecule has 0 heterocycles. The largest absolute Gasteiger partial charge is 0.508 e. The van der Waals surface area contributed by atoms with Crippen molar-refractivity contribution >= 4 is 0 Å². The highest BCUT2D eigenvalue weighted by atomic mass is 16.3. The van der Waals surface area contributed by atoms with E-state index in [0.29, 0.717) is 5.75 Å². The Bertz CT molecular complexity index is 378. The van der Waals surface area contributed by atoms with Crippen LogP contribution in [0, 0.1) is 13.8 Å². The van der Waals surface area contributed by atoms with Crippen LogP contribution in [0.2, 0.25) is 0 Å². The highest BCUT2D eigenvalue weighted by molar-refractivity contribution is 5.45. The van der Waals surface area contributed by atoms with Gasteiger partial charge in [0.15, 0.2) is 0 Å². The van der Waals surface area contributed by atoms with Gasteiger partial charge in [-0.25, -0.2) is 0 Å². The molecule has 1 fully saturated rings. The number of rotatable bonds is 1. The van der Waals surface area contributed by atoms with E-state index in [1.54, 1.807) is 6.07 Å². The van der Waals surface area contributed by atoms with Gasteiger partial charge in [0.1, 0.15) is 5.75 Å². The van der Waals surface area contributed by atoms with Crippen LogP contribution >= 0.6 is 0 Å². The molecule has 2 rings (SSSR count). The Labute approximate surface area is 91.1 Å². The Morgan fingerprint density at radius 2 is 1.73 bits per heavy atom. The zero-order valence-electron chi connectivity index (χ0n) is 9.51. The maximum atomic E-state index is 9.61. The van der Waals surface area contributed by atoms with E-state index in [-0.39, 0.29) is 5.54 Å². The van der Waals surface area contributed by atoms with Crippen molar-refractivity contribution in [2.45, 2.75) is 45.1 Å². The predicted molar refractivity (Wildman–Crippen MR) is 61.9 cm³/mol. The minimum Gasteiger partial charge on any atom is -0.508 e. The molecule has 1 aromatic carbocycles. The number of aromatic hydroxyl groups is 1. The standard InChI is InChI=1S/C13H19NO/c1-9-10(2)12(15)6-5-11(9)13(14)7-3-4-8-13/h5-6,15H,3-4,7-8,14H2,1-2H3. The van der Waals surface area contributed by atoms with Crippen molar-refractivity contribution in [2.24, 2.45) is 5.73 Å². The summed E-state index contributed by atoms with van der Waals surface area (Å²) in [6.45, 7) is 4.00.